The first-order valence-electron chi connectivity index (χ1n) is 3.42. The number of rotatable bonds is 3. The van der Waals surface area contributed by atoms with Crippen LogP contribution in [0.15, 0.2) is 43.0 Å². The second-order valence-electron chi connectivity index (χ2n) is 1.91. The van der Waals surface area contributed by atoms with Crippen molar-refractivity contribution in [2.45, 2.75) is 0 Å². The van der Waals surface area contributed by atoms with E-state index in [0.717, 1.165) is 5.75 Å². The summed E-state index contributed by atoms with van der Waals surface area (Å²) in [6.45, 7) is 4.12. The zero-order chi connectivity index (χ0) is 9.23. The van der Waals surface area contributed by atoms with Crippen molar-refractivity contribution in [3.8, 4) is 5.75 Å². The maximum Gasteiger partial charge on any atom is 0.119 e. The van der Waals surface area contributed by atoms with E-state index in [9.17, 15) is 0 Å². The summed E-state index contributed by atoms with van der Waals surface area (Å²) < 4.78 is 5.24. The van der Waals surface area contributed by atoms with Crippen LogP contribution in [-0.4, -0.2) is 6.61 Å². The van der Waals surface area contributed by atoms with Crippen LogP contribution in [0.25, 0.3) is 0 Å². The van der Waals surface area contributed by atoms with Gasteiger partial charge in [-0.3, -0.25) is 0 Å². The fourth-order valence-electron chi connectivity index (χ4n) is 0.672. The number of hydrogen-bond acceptors (Lipinski definition) is 3. The molecule has 0 fully saturated rings. The van der Waals surface area contributed by atoms with E-state index >= 15 is 0 Å². The fraction of sp³-hybridized carbons (Fsp3) is 0.111. The maximum absolute atomic E-state index is 6.00. The Morgan fingerprint density at radius 3 is 2.23 bits per heavy atom. The van der Waals surface area contributed by atoms with Crippen molar-refractivity contribution in [2.75, 3.05) is 6.61 Å². The van der Waals surface area contributed by atoms with Crippen LogP contribution in [0.4, 0.5) is 0 Å². The maximum atomic E-state index is 6.00. The molecule has 0 saturated heterocycles. The number of ether oxygens (including phenoxy) is 1. The summed E-state index contributed by atoms with van der Waals surface area (Å²) >= 11 is 0. The van der Waals surface area contributed by atoms with E-state index in [1.165, 1.54) is 0 Å². The Hall–Kier alpha value is -1.53. The Balaban J connectivity index is 0. The van der Waals surface area contributed by atoms with Crippen LogP contribution < -0.4 is 4.74 Å². The molecule has 0 aromatic heterocycles. The summed E-state index contributed by atoms with van der Waals surface area (Å²) in [5.41, 5.74) is 0. The average molecular weight is 199 g/mol. The molecule has 0 N–H and O–H groups in total. The zero-order valence-corrected chi connectivity index (χ0v) is 7.91. The van der Waals surface area contributed by atoms with Crippen molar-refractivity contribution in [3.63, 3.8) is 0 Å². The number of hydrogen-bond donors (Lipinski definition) is 0. The van der Waals surface area contributed by atoms with Crippen molar-refractivity contribution >= 4 is 12.4 Å². The lowest BCUT2D eigenvalue weighted by molar-refractivity contribution is 0.363. The molecule has 0 heterocycles. The van der Waals surface area contributed by atoms with Gasteiger partial charge in [0.15, 0.2) is 0 Å². The second kappa shape index (κ2) is 10.5. The van der Waals surface area contributed by atoms with Gasteiger partial charge in [0.25, 0.3) is 0 Å². The quantitative estimate of drug-likeness (QED) is 0.554. The van der Waals surface area contributed by atoms with Crippen LogP contribution in [-0.2, 0) is 0 Å². The van der Waals surface area contributed by atoms with E-state index < -0.39 is 0 Å². The third kappa shape index (κ3) is 6.85. The van der Waals surface area contributed by atoms with Crippen molar-refractivity contribution in [2.24, 2.45) is 0 Å². The summed E-state index contributed by atoms with van der Waals surface area (Å²) in [4.78, 5) is 0. The molecular formula is C9H11ClN2O. The molecular weight excluding hydrogens is 188 g/mol. The summed E-state index contributed by atoms with van der Waals surface area (Å²) in [7, 11) is 0. The van der Waals surface area contributed by atoms with E-state index in [1.54, 1.807) is 6.08 Å². The molecule has 0 saturated carbocycles. The summed E-state index contributed by atoms with van der Waals surface area (Å²) in [5.74, 6) is 0.891. The molecule has 0 spiro atoms. The molecule has 0 radical (unpaired) electrons. The highest BCUT2D eigenvalue weighted by molar-refractivity contribution is 5.85. The highest BCUT2D eigenvalue weighted by atomic mass is 35.5. The lowest BCUT2D eigenvalue weighted by Gasteiger charge is -1.99. The molecule has 1 aromatic carbocycles. The highest BCUT2D eigenvalue weighted by Crippen LogP contribution is 2.07. The van der Waals surface area contributed by atoms with Crippen molar-refractivity contribution in [1.82, 2.24) is 0 Å². The number of nitrogens with zero attached hydrogens (tertiary/aromatic N) is 2. The standard InChI is InChI=1S/C9H10O.ClH.N2/c1-2-8-10-9-6-4-3-5-7-9;;1-2/h2-7H,1,8H2;1H;. The third-order valence-corrected chi connectivity index (χ3v) is 1.11. The predicted molar refractivity (Wildman–Crippen MR) is 52.8 cm³/mol. The molecule has 13 heavy (non-hydrogen) atoms. The first-order valence-corrected chi connectivity index (χ1v) is 3.42. The lowest BCUT2D eigenvalue weighted by atomic mass is 10.3. The van der Waals surface area contributed by atoms with Gasteiger partial charge in [0, 0.05) is 10.8 Å². The summed E-state index contributed by atoms with van der Waals surface area (Å²) in [5, 5.41) is 12.0. The molecule has 0 amide bonds. The highest BCUT2D eigenvalue weighted by Gasteiger charge is 1.84. The number of para-hydroxylation sites is 1. The van der Waals surface area contributed by atoms with Gasteiger partial charge in [-0.05, 0) is 12.1 Å². The van der Waals surface area contributed by atoms with Crippen LogP contribution >= 0.6 is 12.4 Å². The van der Waals surface area contributed by atoms with Crippen LogP contribution in [0, 0.1) is 10.8 Å². The molecule has 1 aromatic rings. The topological polar surface area (TPSA) is 56.8 Å². The van der Waals surface area contributed by atoms with Gasteiger partial charge in [-0.1, -0.05) is 30.9 Å². The minimum atomic E-state index is 0. The second-order valence-corrected chi connectivity index (χ2v) is 1.91. The largest absolute Gasteiger partial charge is 0.490 e. The normalized spacial score (nSPS) is 6.92. The minimum Gasteiger partial charge on any atom is -0.490 e. The minimum absolute atomic E-state index is 0. The molecule has 0 bridgehead atoms. The number of benzene rings is 1. The van der Waals surface area contributed by atoms with E-state index in [2.05, 4.69) is 6.58 Å². The summed E-state index contributed by atoms with van der Waals surface area (Å²) in [6.07, 6.45) is 1.73. The van der Waals surface area contributed by atoms with Gasteiger partial charge in [0.05, 0.1) is 0 Å². The molecule has 0 atom stereocenters. The SMILES string of the molecule is C=CCOc1ccccc1.Cl.N#N. The van der Waals surface area contributed by atoms with Gasteiger partial charge in [-0.15, -0.1) is 12.4 Å². The molecule has 0 aliphatic rings. The molecule has 0 unspecified atom stereocenters. The molecule has 0 aliphatic carbocycles. The Kier molecular flexibility index (Phi) is 11.3. The first-order chi connectivity index (χ1) is 5.93. The van der Waals surface area contributed by atoms with Crippen molar-refractivity contribution < 1.29 is 4.74 Å². The predicted octanol–water partition coefficient (Wildman–Crippen LogP) is 2.70. The van der Waals surface area contributed by atoms with E-state index in [4.69, 9.17) is 15.5 Å². The van der Waals surface area contributed by atoms with Gasteiger partial charge in [0.2, 0.25) is 0 Å². The smallest absolute Gasteiger partial charge is 0.119 e. The van der Waals surface area contributed by atoms with E-state index in [1.807, 2.05) is 30.3 Å². The van der Waals surface area contributed by atoms with Crippen LogP contribution in [0.1, 0.15) is 0 Å². The van der Waals surface area contributed by atoms with E-state index in [-0.39, 0.29) is 12.4 Å². The van der Waals surface area contributed by atoms with Crippen molar-refractivity contribution in [1.29, 1.82) is 10.8 Å². The number of halogens is 1. The van der Waals surface area contributed by atoms with Crippen LogP contribution in [0.3, 0.4) is 0 Å². The third-order valence-electron chi connectivity index (χ3n) is 1.11. The monoisotopic (exact) mass is 198 g/mol. The Bertz CT molecular complexity index is 236. The van der Waals surface area contributed by atoms with Crippen molar-refractivity contribution in [3.05, 3.63) is 43.0 Å². The van der Waals surface area contributed by atoms with Gasteiger partial charge in [-0.2, -0.15) is 0 Å². The Morgan fingerprint density at radius 1 is 1.23 bits per heavy atom. The van der Waals surface area contributed by atoms with Crippen LogP contribution in [0.5, 0.6) is 5.75 Å². The van der Waals surface area contributed by atoms with Gasteiger partial charge < -0.3 is 4.74 Å². The molecule has 70 valence electrons. The van der Waals surface area contributed by atoms with Gasteiger partial charge in [0.1, 0.15) is 12.4 Å². The zero-order valence-electron chi connectivity index (χ0n) is 7.09. The van der Waals surface area contributed by atoms with Crippen LogP contribution in [0.2, 0.25) is 0 Å². The molecule has 1 rings (SSSR count). The average Bonchev–Trinajstić information content (AvgIpc) is 2.19. The van der Waals surface area contributed by atoms with E-state index in [0.29, 0.717) is 6.61 Å². The Labute approximate surface area is 83.9 Å². The lowest BCUT2D eigenvalue weighted by Crippen LogP contribution is -1.91. The summed E-state index contributed by atoms with van der Waals surface area (Å²) in [6, 6.07) is 9.69. The fourth-order valence-corrected chi connectivity index (χ4v) is 0.672. The van der Waals surface area contributed by atoms with Gasteiger partial charge >= 0.3 is 0 Å². The Morgan fingerprint density at radius 2 is 1.77 bits per heavy atom. The molecule has 4 heteroatoms. The van der Waals surface area contributed by atoms with Gasteiger partial charge in [-0.25, -0.2) is 0 Å². The molecule has 0 aliphatic heterocycles. The first kappa shape index (κ1) is 14.0. The molecule has 3 nitrogen and oxygen atoms in total.